The zero-order valence-electron chi connectivity index (χ0n) is 14.2. The van der Waals surface area contributed by atoms with Crippen LogP contribution in [-0.2, 0) is 15.6 Å². The normalized spacial score (nSPS) is 12.5. The summed E-state index contributed by atoms with van der Waals surface area (Å²) in [6, 6.07) is 8.53. The van der Waals surface area contributed by atoms with Gasteiger partial charge in [-0.3, -0.25) is 9.40 Å². The van der Waals surface area contributed by atoms with Crippen molar-refractivity contribution in [2.75, 3.05) is 11.8 Å². The van der Waals surface area contributed by atoms with Crippen molar-refractivity contribution in [2.45, 2.75) is 30.5 Å². The van der Waals surface area contributed by atoms with Crippen LogP contribution in [0.15, 0.2) is 34.5 Å². The summed E-state index contributed by atoms with van der Waals surface area (Å²) in [7, 11) is -2.25. The maximum atomic E-state index is 12.7. The van der Waals surface area contributed by atoms with E-state index in [4.69, 9.17) is 16.3 Å². The summed E-state index contributed by atoms with van der Waals surface area (Å²) in [6.07, 6.45) is 0. The van der Waals surface area contributed by atoms with Gasteiger partial charge in [-0.2, -0.15) is 5.10 Å². The van der Waals surface area contributed by atoms with Crippen LogP contribution < -0.4 is 9.46 Å². The van der Waals surface area contributed by atoms with Crippen LogP contribution in [0.4, 0.5) is 5.82 Å². The van der Waals surface area contributed by atoms with Crippen molar-refractivity contribution in [3.05, 3.63) is 34.7 Å². The van der Waals surface area contributed by atoms with E-state index in [0.29, 0.717) is 15.5 Å². The largest absolute Gasteiger partial charge is 0.496 e. The van der Waals surface area contributed by atoms with Crippen LogP contribution in [0.25, 0.3) is 10.9 Å². The van der Waals surface area contributed by atoms with Gasteiger partial charge in [-0.15, -0.1) is 11.3 Å². The van der Waals surface area contributed by atoms with Gasteiger partial charge in [0.2, 0.25) is 0 Å². The van der Waals surface area contributed by atoms with Gasteiger partial charge in [0, 0.05) is 0 Å². The Labute approximate surface area is 155 Å². The number of anilines is 1. The van der Waals surface area contributed by atoms with Crippen LogP contribution in [0.5, 0.6) is 5.75 Å². The van der Waals surface area contributed by atoms with Crippen LogP contribution in [0.1, 0.15) is 20.8 Å². The van der Waals surface area contributed by atoms with Crippen molar-refractivity contribution in [2.24, 2.45) is 0 Å². The van der Waals surface area contributed by atoms with Crippen LogP contribution in [0.3, 0.4) is 0 Å². The molecule has 0 aliphatic carbocycles. The summed E-state index contributed by atoms with van der Waals surface area (Å²) in [4.78, 5) is 0. The van der Waals surface area contributed by atoms with E-state index in [1.54, 1.807) is 23.9 Å². The molecule has 134 valence electrons. The van der Waals surface area contributed by atoms with Crippen molar-refractivity contribution in [3.8, 4) is 5.75 Å². The number of aromatic nitrogens is 2. The average Bonchev–Trinajstić information content (AvgIpc) is 3.11. The molecule has 0 saturated heterocycles. The van der Waals surface area contributed by atoms with Gasteiger partial charge in [0.15, 0.2) is 5.82 Å². The molecule has 9 heteroatoms. The predicted molar refractivity (Wildman–Crippen MR) is 101 cm³/mol. The molecule has 0 atom stereocenters. The Morgan fingerprint density at radius 3 is 2.52 bits per heavy atom. The molecule has 3 rings (SSSR count). The minimum absolute atomic E-state index is 0.130. The van der Waals surface area contributed by atoms with Gasteiger partial charge in [-0.25, -0.2) is 8.42 Å². The molecule has 6 nitrogen and oxygen atoms in total. The van der Waals surface area contributed by atoms with Crippen LogP contribution in [0.2, 0.25) is 4.34 Å². The Balaban J connectivity index is 2.19. The first-order valence-electron chi connectivity index (χ1n) is 7.48. The van der Waals surface area contributed by atoms with Gasteiger partial charge < -0.3 is 4.74 Å². The number of fused-ring (bicyclic) bond motifs is 1. The van der Waals surface area contributed by atoms with Gasteiger partial charge in [0.05, 0.1) is 27.9 Å². The van der Waals surface area contributed by atoms with Gasteiger partial charge in [0.1, 0.15) is 9.96 Å². The number of hydrogen-bond donors (Lipinski definition) is 1. The third-order valence-electron chi connectivity index (χ3n) is 3.57. The number of rotatable bonds is 4. The fourth-order valence-electron chi connectivity index (χ4n) is 2.51. The Bertz CT molecular complexity index is 1030. The second-order valence-corrected chi connectivity index (χ2v) is 10.1. The van der Waals surface area contributed by atoms with Gasteiger partial charge in [-0.05, 0) is 45.0 Å². The Morgan fingerprint density at radius 1 is 1.24 bits per heavy atom. The third kappa shape index (κ3) is 3.33. The Morgan fingerprint density at radius 2 is 1.96 bits per heavy atom. The lowest BCUT2D eigenvalue weighted by molar-refractivity contribution is 0.369. The van der Waals surface area contributed by atoms with Crippen molar-refractivity contribution < 1.29 is 13.2 Å². The molecule has 0 radical (unpaired) electrons. The zero-order valence-corrected chi connectivity index (χ0v) is 16.6. The number of halogens is 1. The Kier molecular flexibility index (Phi) is 4.47. The predicted octanol–water partition coefficient (Wildman–Crippen LogP) is 4.32. The second kappa shape index (κ2) is 6.19. The molecule has 3 aromatic rings. The van der Waals surface area contributed by atoms with Crippen molar-refractivity contribution >= 4 is 49.7 Å². The number of thiophene rings is 1. The van der Waals surface area contributed by atoms with Crippen molar-refractivity contribution in [1.29, 1.82) is 0 Å². The molecule has 0 saturated carbocycles. The average molecular weight is 400 g/mol. The molecule has 2 heterocycles. The lowest BCUT2D eigenvalue weighted by Gasteiger charge is -2.20. The lowest BCUT2D eigenvalue weighted by atomic mass is 10.1. The summed E-state index contributed by atoms with van der Waals surface area (Å²) in [5.41, 5.74) is 0.453. The van der Waals surface area contributed by atoms with E-state index < -0.39 is 10.0 Å². The summed E-state index contributed by atoms with van der Waals surface area (Å²) in [6.45, 7) is 5.99. The number of ether oxygens (including phenoxy) is 1. The molecule has 0 fully saturated rings. The maximum absolute atomic E-state index is 12.7. The third-order valence-corrected chi connectivity index (χ3v) is 6.63. The first-order chi connectivity index (χ1) is 11.6. The maximum Gasteiger partial charge on any atom is 0.272 e. The summed E-state index contributed by atoms with van der Waals surface area (Å²) in [5.74, 6) is 0.779. The number of hydrogen-bond acceptors (Lipinski definition) is 5. The van der Waals surface area contributed by atoms with Crippen molar-refractivity contribution in [3.63, 3.8) is 0 Å². The van der Waals surface area contributed by atoms with E-state index in [0.717, 1.165) is 16.9 Å². The number of sulfonamides is 1. The van der Waals surface area contributed by atoms with E-state index >= 15 is 0 Å². The Hall–Kier alpha value is -1.77. The van der Waals surface area contributed by atoms with Gasteiger partial charge >= 0.3 is 0 Å². The first-order valence-corrected chi connectivity index (χ1v) is 10.2. The molecule has 1 aromatic carbocycles. The highest BCUT2D eigenvalue weighted by molar-refractivity contribution is 7.94. The fraction of sp³-hybridized carbons (Fsp3) is 0.312. The second-order valence-electron chi connectivity index (χ2n) is 6.45. The van der Waals surface area contributed by atoms with E-state index in [2.05, 4.69) is 9.82 Å². The molecule has 0 amide bonds. The quantitative estimate of drug-likeness (QED) is 0.709. The molecule has 0 aliphatic heterocycles. The molecule has 1 N–H and O–H groups in total. The minimum Gasteiger partial charge on any atom is -0.496 e. The van der Waals surface area contributed by atoms with Crippen LogP contribution in [-0.4, -0.2) is 25.3 Å². The highest BCUT2D eigenvalue weighted by Gasteiger charge is 2.26. The van der Waals surface area contributed by atoms with Gasteiger partial charge in [0.25, 0.3) is 10.0 Å². The molecular weight excluding hydrogens is 382 g/mol. The van der Waals surface area contributed by atoms with E-state index in [1.165, 1.54) is 6.07 Å². The lowest BCUT2D eigenvalue weighted by Crippen LogP contribution is -2.23. The fourth-order valence-corrected chi connectivity index (χ4v) is 5.00. The van der Waals surface area contributed by atoms with Gasteiger partial charge in [-0.1, -0.05) is 17.7 Å². The monoisotopic (exact) mass is 399 g/mol. The topological polar surface area (TPSA) is 73.2 Å². The van der Waals surface area contributed by atoms with E-state index in [9.17, 15) is 8.42 Å². The number of benzene rings is 1. The minimum atomic E-state index is -3.79. The summed E-state index contributed by atoms with van der Waals surface area (Å²) < 4.78 is 35.6. The summed E-state index contributed by atoms with van der Waals surface area (Å²) >= 11 is 6.85. The molecule has 2 aromatic heterocycles. The summed E-state index contributed by atoms with van der Waals surface area (Å²) in [5, 5.41) is 5.12. The highest BCUT2D eigenvalue weighted by atomic mass is 35.5. The number of nitrogens with zero attached hydrogens (tertiary/aromatic N) is 2. The van der Waals surface area contributed by atoms with E-state index in [-0.39, 0.29) is 15.6 Å². The van der Waals surface area contributed by atoms with Crippen LogP contribution >= 0.6 is 22.9 Å². The molecular formula is C16H18ClN3O3S2. The zero-order chi connectivity index (χ0) is 18.4. The molecule has 0 unspecified atom stereocenters. The highest BCUT2D eigenvalue weighted by Crippen LogP contribution is 2.36. The van der Waals surface area contributed by atoms with Crippen molar-refractivity contribution in [1.82, 2.24) is 9.78 Å². The standard InChI is InChI=1S/C16H18ClN3O3S2/c1-16(2,3)20-10-6-5-7-11(23-4)14(10)15(18-20)19-25(21,22)13-9-8-12(17)24-13/h5-9H,1-4H3,(H,18,19). The molecule has 25 heavy (non-hydrogen) atoms. The first kappa shape index (κ1) is 18.0. The van der Waals surface area contributed by atoms with E-state index in [1.807, 2.05) is 32.9 Å². The molecule has 0 bridgehead atoms. The smallest absolute Gasteiger partial charge is 0.272 e. The van der Waals surface area contributed by atoms with Crippen LogP contribution in [0, 0.1) is 0 Å². The number of nitrogens with one attached hydrogen (secondary N) is 1. The SMILES string of the molecule is COc1cccc2c1c(NS(=O)(=O)c1ccc(Cl)s1)nn2C(C)(C)C. The molecule has 0 aliphatic rings. The molecule has 0 spiro atoms. The number of methoxy groups -OCH3 is 1.